The molecule has 0 spiro atoms. The topological polar surface area (TPSA) is 66.5 Å². The molecule has 0 saturated heterocycles. The van der Waals surface area contributed by atoms with Crippen molar-refractivity contribution in [3.8, 4) is 0 Å². The molecule has 5 nitrogen and oxygen atoms in total. The summed E-state index contributed by atoms with van der Waals surface area (Å²) in [6.07, 6.45) is 0.208. The molecule has 3 amide bonds. The quantitative estimate of drug-likeness (QED) is 0.816. The van der Waals surface area contributed by atoms with E-state index in [-0.39, 0.29) is 29.2 Å². The SMILES string of the molecule is CC(C)CC(C(=O)Nc1ccc(F)cc1F)N1C(=O)c2ccccc2C1=O. The molecule has 0 saturated carbocycles. The fraction of sp³-hybridized carbons (Fsp3) is 0.250. The Balaban J connectivity index is 1.91. The number of imide groups is 1. The lowest BCUT2D eigenvalue weighted by Gasteiger charge is -2.26. The highest BCUT2D eigenvalue weighted by molar-refractivity contribution is 6.23. The molecule has 1 N–H and O–H groups in total. The van der Waals surface area contributed by atoms with Crippen molar-refractivity contribution < 1.29 is 23.2 Å². The third-order valence-corrected chi connectivity index (χ3v) is 4.32. The molecule has 1 unspecified atom stereocenters. The Morgan fingerprint density at radius 1 is 1.04 bits per heavy atom. The van der Waals surface area contributed by atoms with E-state index in [0.29, 0.717) is 6.07 Å². The van der Waals surface area contributed by atoms with Gasteiger partial charge in [0.2, 0.25) is 5.91 Å². The molecule has 0 fully saturated rings. The van der Waals surface area contributed by atoms with E-state index in [1.54, 1.807) is 12.1 Å². The smallest absolute Gasteiger partial charge is 0.262 e. The molecule has 0 bridgehead atoms. The van der Waals surface area contributed by atoms with Gasteiger partial charge in [-0.15, -0.1) is 0 Å². The van der Waals surface area contributed by atoms with Crippen LogP contribution in [-0.2, 0) is 4.79 Å². The summed E-state index contributed by atoms with van der Waals surface area (Å²) in [5.74, 6) is -3.54. The van der Waals surface area contributed by atoms with Crippen molar-refractivity contribution in [2.45, 2.75) is 26.3 Å². The molecule has 0 aliphatic carbocycles. The molecule has 2 aromatic carbocycles. The maximum Gasteiger partial charge on any atom is 0.262 e. The van der Waals surface area contributed by atoms with Gasteiger partial charge in [-0.25, -0.2) is 8.78 Å². The summed E-state index contributed by atoms with van der Waals surface area (Å²) in [5.41, 5.74) is 0.251. The molecule has 140 valence electrons. The summed E-state index contributed by atoms with van der Waals surface area (Å²) in [6.45, 7) is 3.69. The average molecular weight is 372 g/mol. The second kappa shape index (κ2) is 7.26. The van der Waals surface area contributed by atoms with Crippen LogP contribution in [0.3, 0.4) is 0 Å². The lowest BCUT2D eigenvalue weighted by Crippen LogP contribution is -2.48. The zero-order valence-electron chi connectivity index (χ0n) is 14.8. The Bertz CT molecular complexity index is 892. The minimum Gasteiger partial charge on any atom is -0.322 e. The number of hydrogen-bond acceptors (Lipinski definition) is 3. The molecule has 2 aromatic rings. The monoisotopic (exact) mass is 372 g/mol. The number of halogens is 2. The van der Waals surface area contributed by atoms with E-state index in [9.17, 15) is 23.2 Å². The molecule has 1 atom stereocenters. The van der Waals surface area contributed by atoms with E-state index >= 15 is 0 Å². The van der Waals surface area contributed by atoms with E-state index in [2.05, 4.69) is 5.32 Å². The van der Waals surface area contributed by atoms with Crippen molar-refractivity contribution in [1.82, 2.24) is 4.90 Å². The molecule has 1 aliphatic heterocycles. The normalized spacial score (nSPS) is 14.5. The van der Waals surface area contributed by atoms with Gasteiger partial charge in [-0.05, 0) is 36.6 Å². The van der Waals surface area contributed by atoms with Gasteiger partial charge in [0.15, 0.2) is 0 Å². The van der Waals surface area contributed by atoms with Gasteiger partial charge < -0.3 is 5.32 Å². The second-order valence-corrected chi connectivity index (χ2v) is 6.78. The van der Waals surface area contributed by atoms with Gasteiger partial charge in [0.25, 0.3) is 11.8 Å². The number of benzene rings is 2. The van der Waals surface area contributed by atoms with Crippen LogP contribution in [0.2, 0.25) is 0 Å². The summed E-state index contributed by atoms with van der Waals surface area (Å²) in [7, 11) is 0. The first-order chi connectivity index (χ1) is 12.8. The van der Waals surface area contributed by atoms with Crippen LogP contribution in [0.4, 0.5) is 14.5 Å². The molecule has 0 aromatic heterocycles. The Hall–Kier alpha value is -3.09. The molecule has 3 rings (SSSR count). The number of nitrogens with one attached hydrogen (secondary N) is 1. The fourth-order valence-electron chi connectivity index (χ4n) is 3.07. The van der Waals surface area contributed by atoms with Crippen molar-refractivity contribution in [3.63, 3.8) is 0 Å². The summed E-state index contributed by atoms with van der Waals surface area (Å²) >= 11 is 0. The van der Waals surface area contributed by atoms with Crippen molar-refractivity contribution >= 4 is 23.4 Å². The molecule has 27 heavy (non-hydrogen) atoms. The van der Waals surface area contributed by atoms with Crippen molar-refractivity contribution in [2.24, 2.45) is 5.92 Å². The predicted molar refractivity (Wildman–Crippen MR) is 95.2 cm³/mol. The largest absolute Gasteiger partial charge is 0.322 e. The van der Waals surface area contributed by atoms with Crippen LogP contribution in [0.15, 0.2) is 42.5 Å². The van der Waals surface area contributed by atoms with Gasteiger partial charge in [0, 0.05) is 6.07 Å². The summed E-state index contributed by atoms with van der Waals surface area (Å²) in [5, 5.41) is 2.36. The zero-order chi connectivity index (χ0) is 19.7. The third-order valence-electron chi connectivity index (χ3n) is 4.32. The first kappa shape index (κ1) is 18.7. The summed E-state index contributed by atoms with van der Waals surface area (Å²) < 4.78 is 26.9. The molecular formula is C20H18F2N2O3. The number of fused-ring (bicyclic) bond motifs is 1. The molecule has 1 aliphatic rings. The Morgan fingerprint density at radius 3 is 2.15 bits per heavy atom. The number of amides is 3. The van der Waals surface area contributed by atoms with Crippen LogP contribution < -0.4 is 5.32 Å². The van der Waals surface area contributed by atoms with Gasteiger partial charge in [-0.1, -0.05) is 26.0 Å². The maximum absolute atomic E-state index is 13.9. The average Bonchev–Trinajstić information content (AvgIpc) is 2.86. The highest BCUT2D eigenvalue weighted by Crippen LogP contribution is 2.28. The Kier molecular flexibility index (Phi) is 5.03. The van der Waals surface area contributed by atoms with Crippen molar-refractivity contribution in [3.05, 3.63) is 65.2 Å². The highest BCUT2D eigenvalue weighted by Gasteiger charge is 2.42. The highest BCUT2D eigenvalue weighted by atomic mass is 19.1. The van der Waals surface area contributed by atoms with E-state index < -0.39 is 35.4 Å². The molecular weight excluding hydrogens is 354 g/mol. The van der Waals surface area contributed by atoms with E-state index in [1.807, 2.05) is 13.8 Å². The number of anilines is 1. The van der Waals surface area contributed by atoms with Gasteiger partial charge in [-0.2, -0.15) is 0 Å². The Labute approximate surface area is 155 Å². The number of carbonyl (C=O) groups excluding carboxylic acids is 3. The first-order valence-corrected chi connectivity index (χ1v) is 8.52. The molecule has 0 radical (unpaired) electrons. The summed E-state index contributed by atoms with van der Waals surface area (Å²) in [4.78, 5) is 39.1. The van der Waals surface area contributed by atoms with E-state index in [0.717, 1.165) is 17.0 Å². The van der Waals surface area contributed by atoms with Crippen LogP contribution in [0.5, 0.6) is 0 Å². The molecule has 7 heteroatoms. The minimum absolute atomic E-state index is 0.0110. The minimum atomic E-state index is -1.11. The second-order valence-electron chi connectivity index (χ2n) is 6.78. The fourth-order valence-corrected chi connectivity index (χ4v) is 3.07. The number of nitrogens with zero attached hydrogens (tertiary/aromatic N) is 1. The third kappa shape index (κ3) is 3.58. The maximum atomic E-state index is 13.9. The van der Waals surface area contributed by atoms with Crippen LogP contribution in [0, 0.1) is 17.6 Å². The zero-order valence-corrected chi connectivity index (χ0v) is 14.8. The van der Waals surface area contributed by atoms with Crippen LogP contribution in [-0.4, -0.2) is 28.7 Å². The standard InChI is InChI=1S/C20H18F2N2O3/c1-11(2)9-17(18(25)23-16-8-7-12(21)10-15(16)22)24-19(26)13-5-3-4-6-14(13)20(24)27/h3-8,10-11,17H,9H2,1-2H3,(H,23,25). The van der Waals surface area contributed by atoms with Crippen molar-refractivity contribution in [2.75, 3.05) is 5.32 Å². The van der Waals surface area contributed by atoms with Gasteiger partial charge >= 0.3 is 0 Å². The lowest BCUT2D eigenvalue weighted by atomic mass is 10.0. The number of rotatable bonds is 5. The van der Waals surface area contributed by atoms with Crippen molar-refractivity contribution in [1.29, 1.82) is 0 Å². The van der Waals surface area contributed by atoms with E-state index in [1.165, 1.54) is 12.1 Å². The number of hydrogen-bond donors (Lipinski definition) is 1. The van der Waals surface area contributed by atoms with Gasteiger partial charge in [-0.3, -0.25) is 19.3 Å². The molecule has 1 heterocycles. The van der Waals surface area contributed by atoms with E-state index in [4.69, 9.17) is 0 Å². The summed E-state index contributed by atoms with van der Waals surface area (Å²) in [6, 6.07) is 7.98. The van der Waals surface area contributed by atoms with Gasteiger partial charge in [0.05, 0.1) is 16.8 Å². The first-order valence-electron chi connectivity index (χ1n) is 8.52. The van der Waals surface area contributed by atoms with Crippen LogP contribution in [0.25, 0.3) is 0 Å². The predicted octanol–water partition coefficient (Wildman–Crippen LogP) is 3.61. The van der Waals surface area contributed by atoms with Crippen LogP contribution >= 0.6 is 0 Å². The lowest BCUT2D eigenvalue weighted by molar-refractivity contribution is -0.120. The number of carbonyl (C=O) groups is 3. The Morgan fingerprint density at radius 2 is 1.63 bits per heavy atom. The van der Waals surface area contributed by atoms with Crippen LogP contribution in [0.1, 0.15) is 41.0 Å². The van der Waals surface area contributed by atoms with Gasteiger partial charge in [0.1, 0.15) is 17.7 Å².